The number of nitrogens with zero attached hydrogens (tertiary/aromatic N) is 1. The summed E-state index contributed by atoms with van der Waals surface area (Å²) in [5.74, 6) is 0.895. The van der Waals surface area contributed by atoms with Gasteiger partial charge in [0.1, 0.15) is 5.75 Å². The van der Waals surface area contributed by atoms with E-state index in [1.807, 2.05) is 6.92 Å². The molecule has 0 saturated carbocycles. The van der Waals surface area contributed by atoms with Gasteiger partial charge in [0.2, 0.25) is 0 Å². The highest BCUT2D eigenvalue weighted by molar-refractivity contribution is 5.78. The van der Waals surface area contributed by atoms with Gasteiger partial charge in [-0.3, -0.25) is 0 Å². The summed E-state index contributed by atoms with van der Waals surface area (Å²) in [7, 11) is 0. The fraction of sp³-hybridized carbons (Fsp3) is 0.500. The Morgan fingerprint density at radius 3 is 1.32 bits per heavy atom. The van der Waals surface area contributed by atoms with Crippen molar-refractivity contribution < 1.29 is 4.74 Å². The van der Waals surface area contributed by atoms with Gasteiger partial charge in [0.05, 0.1) is 6.61 Å². The van der Waals surface area contributed by atoms with Crippen molar-refractivity contribution >= 4 is 28.4 Å². The molecule has 4 nitrogen and oxygen atoms in total. The van der Waals surface area contributed by atoms with E-state index in [2.05, 4.69) is 116 Å². The van der Waals surface area contributed by atoms with Crippen molar-refractivity contribution in [1.82, 2.24) is 0 Å². The summed E-state index contributed by atoms with van der Waals surface area (Å²) in [6.45, 7) is 11.8. The maximum absolute atomic E-state index is 5.71. The molecule has 0 spiro atoms. The number of benzene rings is 3. The van der Waals surface area contributed by atoms with Crippen molar-refractivity contribution in [2.24, 2.45) is 0 Å². The zero-order valence-corrected chi connectivity index (χ0v) is 25.7. The van der Waals surface area contributed by atoms with Gasteiger partial charge in [-0.05, 0) is 106 Å². The SMILES string of the molecule is CCCCCCC(C)Nc1ccc(N(c2ccc(NC(C)CCCCCC)cc2)c2ccc(OCC)cc2)cc1. The lowest BCUT2D eigenvalue weighted by atomic mass is 10.1. The predicted octanol–water partition coefficient (Wildman–Crippen LogP) is 11.1. The van der Waals surface area contributed by atoms with E-state index in [-0.39, 0.29) is 0 Å². The molecule has 40 heavy (non-hydrogen) atoms. The van der Waals surface area contributed by atoms with Gasteiger partial charge in [0.25, 0.3) is 0 Å². The quantitative estimate of drug-likeness (QED) is 0.147. The molecule has 0 bridgehead atoms. The Balaban J connectivity index is 1.74. The van der Waals surface area contributed by atoms with Crippen molar-refractivity contribution in [3.05, 3.63) is 72.8 Å². The number of unbranched alkanes of at least 4 members (excludes halogenated alkanes) is 6. The Bertz CT molecular complexity index is 999. The predicted molar refractivity (Wildman–Crippen MR) is 176 cm³/mol. The summed E-state index contributed by atoms with van der Waals surface area (Å²) in [6.07, 6.45) is 12.9. The Morgan fingerprint density at radius 1 is 0.550 bits per heavy atom. The van der Waals surface area contributed by atoms with Crippen LogP contribution in [-0.4, -0.2) is 18.7 Å². The second kappa shape index (κ2) is 17.5. The van der Waals surface area contributed by atoms with Crippen LogP contribution in [0.1, 0.15) is 98.8 Å². The Hall–Kier alpha value is -3.14. The van der Waals surface area contributed by atoms with Crippen LogP contribution in [0, 0.1) is 0 Å². The van der Waals surface area contributed by atoms with Crippen molar-refractivity contribution in [1.29, 1.82) is 0 Å². The molecule has 0 aliphatic rings. The van der Waals surface area contributed by atoms with Gasteiger partial charge in [-0.25, -0.2) is 0 Å². The van der Waals surface area contributed by atoms with Gasteiger partial charge < -0.3 is 20.3 Å². The zero-order valence-electron chi connectivity index (χ0n) is 25.7. The molecule has 3 rings (SSSR count). The van der Waals surface area contributed by atoms with Crippen LogP contribution < -0.4 is 20.3 Å². The van der Waals surface area contributed by atoms with E-state index in [1.54, 1.807) is 0 Å². The standard InChI is InChI=1S/C36H53N3O/c1-6-9-11-13-15-29(4)37-31-17-21-33(22-18-31)39(35-25-27-36(28-26-35)40-8-3)34-23-19-32(20-24-34)38-30(5)16-14-12-10-7-2/h17-30,37-38H,6-16H2,1-5H3. The van der Waals surface area contributed by atoms with Crippen molar-refractivity contribution in [2.45, 2.75) is 111 Å². The third-order valence-electron chi connectivity index (χ3n) is 7.46. The minimum absolute atomic E-state index is 0.471. The largest absolute Gasteiger partial charge is 0.494 e. The lowest BCUT2D eigenvalue weighted by molar-refractivity contribution is 0.340. The molecule has 3 aromatic carbocycles. The average molecular weight is 544 g/mol. The molecule has 0 radical (unpaired) electrons. The number of hydrogen-bond acceptors (Lipinski definition) is 4. The first-order valence-corrected chi connectivity index (χ1v) is 15.8. The first kappa shape index (κ1) is 31.4. The van der Waals surface area contributed by atoms with Crippen LogP contribution in [0.15, 0.2) is 72.8 Å². The number of rotatable bonds is 19. The van der Waals surface area contributed by atoms with Crippen LogP contribution in [0.2, 0.25) is 0 Å². The number of anilines is 5. The number of ether oxygens (including phenoxy) is 1. The molecule has 0 aromatic heterocycles. The first-order chi connectivity index (χ1) is 19.5. The average Bonchev–Trinajstić information content (AvgIpc) is 2.96. The molecule has 4 heteroatoms. The van der Waals surface area contributed by atoms with E-state index in [1.165, 1.54) is 75.6 Å². The summed E-state index contributed by atoms with van der Waals surface area (Å²) in [4.78, 5) is 2.31. The van der Waals surface area contributed by atoms with E-state index in [0.717, 1.165) is 22.8 Å². The third-order valence-corrected chi connectivity index (χ3v) is 7.46. The highest BCUT2D eigenvalue weighted by atomic mass is 16.5. The van der Waals surface area contributed by atoms with E-state index in [4.69, 9.17) is 4.74 Å². The summed E-state index contributed by atoms with van der Waals surface area (Å²) in [6, 6.07) is 27.0. The minimum Gasteiger partial charge on any atom is -0.494 e. The molecular formula is C36H53N3O. The molecule has 3 aromatic rings. The summed E-state index contributed by atoms with van der Waals surface area (Å²) < 4.78 is 5.71. The highest BCUT2D eigenvalue weighted by Gasteiger charge is 2.14. The topological polar surface area (TPSA) is 36.5 Å². The highest BCUT2D eigenvalue weighted by Crippen LogP contribution is 2.36. The number of nitrogens with one attached hydrogen (secondary N) is 2. The maximum atomic E-state index is 5.71. The van der Waals surface area contributed by atoms with E-state index in [9.17, 15) is 0 Å². The molecule has 0 fully saturated rings. The van der Waals surface area contributed by atoms with Gasteiger partial charge >= 0.3 is 0 Å². The minimum atomic E-state index is 0.471. The van der Waals surface area contributed by atoms with Gasteiger partial charge in [0.15, 0.2) is 0 Å². The van der Waals surface area contributed by atoms with Gasteiger partial charge in [0, 0.05) is 40.5 Å². The molecule has 2 N–H and O–H groups in total. The van der Waals surface area contributed by atoms with Crippen LogP contribution in [0.5, 0.6) is 5.75 Å². The summed E-state index contributed by atoms with van der Waals surface area (Å²) >= 11 is 0. The molecular weight excluding hydrogens is 490 g/mol. The molecule has 0 aliphatic carbocycles. The van der Waals surface area contributed by atoms with Crippen LogP contribution >= 0.6 is 0 Å². The zero-order chi connectivity index (χ0) is 28.6. The van der Waals surface area contributed by atoms with E-state index in [0.29, 0.717) is 18.7 Å². The Labute approximate surface area is 244 Å². The normalized spacial score (nSPS) is 12.5. The molecule has 0 amide bonds. The molecule has 0 saturated heterocycles. The molecule has 2 atom stereocenters. The third kappa shape index (κ3) is 10.4. The van der Waals surface area contributed by atoms with Crippen LogP contribution in [0.3, 0.4) is 0 Å². The molecule has 2 unspecified atom stereocenters. The first-order valence-electron chi connectivity index (χ1n) is 15.8. The van der Waals surface area contributed by atoms with E-state index < -0.39 is 0 Å². The molecule has 218 valence electrons. The lowest BCUT2D eigenvalue weighted by Gasteiger charge is -2.26. The summed E-state index contributed by atoms with van der Waals surface area (Å²) in [5.41, 5.74) is 5.72. The monoisotopic (exact) mass is 543 g/mol. The van der Waals surface area contributed by atoms with Gasteiger partial charge in [-0.15, -0.1) is 0 Å². The van der Waals surface area contributed by atoms with Crippen LogP contribution in [0.4, 0.5) is 28.4 Å². The van der Waals surface area contributed by atoms with Crippen molar-refractivity contribution in [3.8, 4) is 5.75 Å². The summed E-state index contributed by atoms with van der Waals surface area (Å²) in [5, 5.41) is 7.38. The van der Waals surface area contributed by atoms with Gasteiger partial charge in [-0.1, -0.05) is 65.2 Å². The van der Waals surface area contributed by atoms with Crippen molar-refractivity contribution in [3.63, 3.8) is 0 Å². The van der Waals surface area contributed by atoms with Crippen LogP contribution in [0.25, 0.3) is 0 Å². The molecule has 0 aliphatic heterocycles. The Kier molecular flexibility index (Phi) is 13.8. The van der Waals surface area contributed by atoms with Gasteiger partial charge in [-0.2, -0.15) is 0 Å². The smallest absolute Gasteiger partial charge is 0.119 e. The maximum Gasteiger partial charge on any atom is 0.119 e. The van der Waals surface area contributed by atoms with Crippen LogP contribution in [-0.2, 0) is 0 Å². The molecule has 0 heterocycles. The van der Waals surface area contributed by atoms with E-state index >= 15 is 0 Å². The fourth-order valence-corrected chi connectivity index (χ4v) is 5.19. The number of hydrogen-bond donors (Lipinski definition) is 2. The second-order valence-electron chi connectivity index (χ2n) is 11.1. The fourth-order valence-electron chi connectivity index (χ4n) is 5.19. The second-order valence-corrected chi connectivity index (χ2v) is 11.1. The Morgan fingerprint density at radius 2 is 0.950 bits per heavy atom. The lowest BCUT2D eigenvalue weighted by Crippen LogP contribution is -2.15. The van der Waals surface area contributed by atoms with Crippen molar-refractivity contribution in [2.75, 3.05) is 22.1 Å².